The molecule has 0 heterocycles. The van der Waals surface area contributed by atoms with Crippen molar-refractivity contribution in [3.05, 3.63) is 24.8 Å². The molecule has 0 aliphatic heterocycles. The molecule has 0 aliphatic rings. The van der Waals surface area contributed by atoms with Crippen molar-refractivity contribution < 1.29 is 0 Å². The number of hydrogen-bond donors (Lipinski definition) is 0. The molecule has 0 aromatic carbocycles. The van der Waals surface area contributed by atoms with Gasteiger partial charge in [0.2, 0.25) is 0 Å². The minimum absolute atomic E-state index is 0.831. The third-order valence-electron chi connectivity index (χ3n) is 4.14. The van der Waals surface area contributed by atoms with E-state index in [4.69, 9.17) is 0 Å². The van der Waals surface area contributed by atoms with Gasteiger partial charge in [0.15, 0.2) is 0 Å². The highest BCUT2D eigenvalue weighted by Gasteiger charge is 2.01. The first-order valence-corrected chi connectivity index (χ1v) is 9.12. The fraction of sp³-hybridized carbons (Fsp3) is 0.800. The van der Waals surface area contributed by atoms with Gasteiger partial charge >= 0.3 is 0 Å². The van der Waals surface area contributed by atoms with Crippen LogP contribution in [-0.4, -0.2) is 0 Å². The first-order chi connectivity index (χ1) is 9.85. The summed E-state index contributed by atoms with van der Waals surface area (Å²) in [6.45, 7) is 8.37. The summed E-state index contributed by atoms with van der Waals surface area (Å²) in [5.41, 5.74) is 0. The van der Waals surface area contributed by atoms with E-state index in [-0.39, 0.29) is 0 Å². The molecule has 20 heavy (non-hydrogen) atoms. The monoisotopic (exact) mass is 278 g/mol. The third kappa shape index (κ3) is 13.9. The summed E-state index contributed by atoms with van der Waals surface area (Å²) in [6, 6.07) is 0. The average Bonchev–Trinajstić information content (AvgIpc) is 2.47. The molecule has 1 unspecified atom stereocenters. The van der Waals surface area contributed by atoms with Crippen molar-refractivity contribution in [2.45, 2.75) is 97.3 Å². The molecule has 0 rings (SSSR count). The van der Waals surface area contributed by atoms with Gasteiger partial charge in [-0.1, -0.05) is 77.0 Å². The SMILES string of the molecule is C=CCCCCCCCCC(C=CCCCCC)CC. The number of hydrogen-bond acceptors (Lipinski definition) is 0. The molecule has 0 spiro atoms. The summed E-state index contributed by atoms with van der Waals surface area (Å²) in [7, 11) is 0. The second kappa shape index (κ2) is 16.5. The summed E-state index contributed by atoms with van der Waals surface area (Å²) in [5.74, 6) is 0.831. The molecular weight excluding hydrogens is 240 g/mol. The standard InChI is InChI=1S/C20H38/c1-4-7-9-11-12-13-15-17-19-20(6-3)18-16-14-10-8-5-2/h4,16,18,20H,1,5-15,17,19H2,2-3H3. The summed E-state index contributed by atoms with van der Waals surface area (Å²) >= 11 is 0. The van der Waals surface area contributed by atoms with Gasteiger partial charge < -0.3 is 0 Å². The minimum Gasteiger partial charge on any atom is -0.103 e. The molecule has 0 bridgehead atoms. The van der Waals surface area contributed by atoms with Crippen LogP contribution in [0.15, 0.2) is 24.8 Å². The fourth-order valence-corrected chi connectivity index (χ4v) is 2.64. The van der Waals surface area contributed by atoms with Gasteiger partial charge in [-0.25, -0.2) is 0 Å². The molecule has 0 saturated heterocycles. The highest BCUT2D eigenvalue weighted by atomic mass is 14.1. The van der Waals surface area contributed by atoms with Crippen molar-refractivity contribution in [2.75, 3.05) is 0 Å². The van der Waals surface area contributed by atoms with Crippen LogP contribution >= 0.6 is 0 Å². The van der Waals surface area contributed by atoms with Gasteiger partial charge in [0.1, 0.15) is 0 Å². The lowest BCUT2D eigenvalue weighted by Crippen LogP contribution is -1.94. The molecule has 0 radical (unpaired) electrons. The summed E-state index contributed by atoms with van der Waals surface area (Å²) < 4.78 is 0. The van der Waals surface area contributed by atoms with E-state index in [1.807, 2.05) is 6.08 Å². The molecule has 1 atom stereocenters. The van der Waals surface area contributed by atoms with Gasteiger partial charge in [-0.15, -0.1) is 6.58 Å². The minimum atomic E-state index is 0.831. The van der Waals surface area contributed by atoms with Gasteiger partial charge in [-0.05, 0) is 44.4 Å². The van der Waals surface area contributed by atoms with Gasteiger partial charge in [-0.3, -0.25) is 0 Å². The van der Waals surface area contributed by atoms with Crippen LogP contribution in [0.5, 0.6) is 0 Å². The van der Waals surface area contributed by atoms with Gasteiger partial charge in [0.05, 0.1) is 0 Å². The van der Waals surface area contributed by atoms with Crippen LogP contribution in [0, 0.1) is 5.92 Å². The zero-order chi connectivity index (χ0) is 14.9. The Bertz CT molecular complexity index is 214. The molecule has 0 aromatic rings. The molecule has 0 aromatic heterocycles. The van der Waals surface area contributed by atoms with Gasteiger partial charge in [-0.2, -0.15) is 0 Å². The van der Waals surface area contributed by atoms with Crippen molar-refractivity contribution in [3.8, 4) is 0 Å². The second-order valence-electron chi connectivity index (χ2n) is 6.08. The number of allylic oxidation sites excluding steroid dienone is 3. The predicted molar refractivity (Wildman–Crippen MR) is 94.2 cm³/mol. The van der Waals surface area contributed by atoms with E-state index in [0.29, 0.717) is 0 Å². The Labute approximate surface area is 128 Å². The van der Waals surface area contributed by atoms with E-state index < -0.39 is 0 Å². The van der Waals surface area contributed by atoms with Crippen LogP contribution in [0.2, 0.25) is 0 Å². The maximum absolute atomic E-state index is 3.77. The maximum atomic E-state index is 3.77. The van der Waals surface area contributed by atoms with Crippen molar-refractivity contribution in [2.24, 2.45) is 5.92 Å². The van der Waals surface area contributed by atoms with Crippen molar-refractivity contribution in [1.82, 2.24) is 0 Å². The Balaban J connectivity index is 3.42. The van der Waals surface area contributed by atoms with Crippen LogP contribution in [0.3, 0.4) is 0 Å². The largest absolute Gasteiger partial charge is 0.103 e. The normalized spacial score (nSPS) is 12.9. The van der Waals surface area contributed by atoms with Crippen LogP contribution < -0.4 is 0 Å². The zero-order valence-corrected chi connectivity index (χ0v) is 14.2. The first-order valence-electron chi connectivity index (χ1n) is 9.12. The van der Waals surface area contributed by atoms with Gasteiger partial charge in [0, 0.05) is 0 Å². The van der Waals surface area contributed by atoms with Crippen molar-refractivity contribution in [3.63, 3.8) is 0 Å². The Morgan fingerprint density at radius 1 is 0.800 bits per heavy atom. The summed E-state index contributed by atoms with van der Waals surface area (Å²) in [6.07, 6.45) is 24.6. The maximum Gasteiger partial charge on any atom is -0.0236 e. The lowest BCUT2D eigenvalue weighted by atomic mass is 9.97. The van der Waals surface area contributed by atoms with E-state index in [0.717, 1.165) is 5.92 Å². The van der Waals surface area contributed by atoms with E-state index >= 15 is 0 Å². The summed E-state index contributed by atoms with van der Waals surface area (Å²) in [4.78, 5) is 0. The van der Waals surface area contributed by atoms with E-state index in [1.165, 1.54) is 83.5 Å². The van der Waals surface area contributed by atoms with Crippen molar-refractivity contribution >= 4 is 0 Å². The molecule has 0 N–H and O–H groups in total. The molecule has 0 aliphatic carbocycles. The van der Waals surface area contributed by atoms with E-state index in [1.54, 1.807) is 0 Å². The molecule has 0 amide bonds. The van der Waals surface area contributed by atoms with E-state index in [9.17, 15) is 0 Å². The quantitative estimate of drug-likeness (QED) is 0.215. The van der Waals surface area contributed by atoms with Crippen LogP contribution in [0.25, 0.3) is 0 Å². The topological polar surface area (TPSA) is 0 Å². The highest BCUT2D eigenvalue weighted by Crippen LogP contribution is 2.17. The fourth-order valence-electron chi connectivity index (χ4n) is 2.64. The molecule has 0 heteroatoms. The van der Waals surface area contributed by atoms with Crippen molar-refractivity contribution in [1.29, 1.82) is 0 Å². The van der Waals surface area contributed by atoms with Crippen LogP contribution in [0.1, 0.15) is 97.3 Å². The molecular formula is C20H38. The van der Waals surface area contributed by atoms with E-state index in [2.05, 4.69) is 32.6 Å². The predicted octanol–water partition coefficient (Wildman–Crippen LogP) is 7.46. The average molecular weight is 279 g/mol. The Kier molecular flexibility index (Phi) is 16.1. The van der Waals surface area contributed by atoms with Crippen LogP contribution in [-0.2, 0) is 0 Å². The smallest absolute Gasteiger partial charge is 0.0236 e. The van der Waals surface area contributed by atoms with Crippen LogP contribution in [0.4, 0.5) is 0 Å². The Hall–Kier alpha value is -0.520. The lowest BCUT2D eigenvalue weighted by molar-refractivity contribution is 0.506. The number of unbranched alkanes of at least 4 members (excludes halogenated alkanes) is 9. The Morgan fingerprint density at radius 2 is 1.45 bits per heavy atom. The Morgan fingerprint density at radius 3 is 2.10 bits per heavy atom. The van der Waals surface area contributed by atoms with Gasteiger partial charge in [0.25, 0.3) is 0 Å². The molecule has 0 fully saturated rings. The highest BCUT2D eigenvalue weighted by molar-refractivity contribution is 4.87. The third-order valence-corrected chi connectivity index (χ3v) is 4.14. The lowest BCUT2D eigenvalue weighted by Gasteiger charge is -2.09. The molecule has 0 saturated carbocycles. The summed E-state index contributed by atoms with van der Waals surface area (Å²) in [5, 5.41) is 0. The molecule has 0 nitrogen and oxygen atoms in total. The first kappa shape index (κ1) is 19.5. The zero-order valence-electron chi connectivity index (χ0n) is 14.2. The molecule has 118 valence electrons. The number of rotatable bonds is 15. The second-order valence-corrected chi connectivity index (χ2v) is 6.08.